The van der Waals surface area contributed by atoms with Gasteiger partial charge in [-0.25, -0.2) is 0 Å². The van der Waals surface area contributed by atoms with Crippen LogP contribution in [-0.4, -0.2) is 19.2 Å². The summed E-state index contributed by atoms with van der Waals surface area (Å²) in [5, 5.41) is 4.26. The quantitative estimate of drug-likeness (QED) is 0.623. The molecule has 0 heterocycles. The molecule has 120 valence electrons. The van der Waals surface area contributed by atoms with Crippen LogP contribution in [0.1, 0.15) is 64.0 Å². The van der Waals surface area contributed by atoms with Crippen LogP contribution in [0.25, 0.3) is 0 Å². The summed E-state index contributed by atoms with van der Waals surface area (Å²) < 4.78 is 6.11. The maximum atomic E-state index is 6.30. The number of hydrogen-bond donors (Lipinski definition) is 1. The molecule has 0 aliphatic rings. The first-order valence-electron chi connectivity index (χ1n) is 8.13. The van der Waals surface area contributed by atoms with Crippen molar-refractivity contribution in [2.75, 3.05) is 13.1 Å². The minimum absolute atomic E-state index is 0.230. The number of hydrogen-bond acceptors (Lipinski definition) is 2. The molecule has 0 radical (unpaired) electrons. The van der Waals surface area contributed by atoms with Crippen molar-refractivity contribution in [1.29, 1.82) is 0 Å². The van der Waals surface area contributed by atoms with Crippen LogP contribution in [-0.2, 0) is 0 Å². The van der Waals surface area contributed by atoms with Crippen LogP contribution in [0.3, 0.4) is 0 Å². The molecular formula is C18H30ClNO. The summed E-state index contributed by atoms with van der Waals surface area (Å²) in [6.45, 7) is 12.9. The fourth-order valence-electron chi connectivity index (χ4n) is 2.33. The van der Waals surface area contributed by atoms with Crippen molar-refractivity contribution < 1.29 is 4.74 Å². The van der Waals surface area contributed by atoms with Crippen LogP contribution < -0.4 is 10.1 Å². The molecule has 1 rings (SSSR count). The lowest BCUT2D eigenvalue weighted by molar-refractivity contribution is 0.206. The first-order valence-corrected chi connectivity index (χ1v) is 8.50. The van der Waals surface area contributed by atoms with Gasteiger partial charge in [-0.05, 0) is 75.4 Å². The minimum atomic E-state index is 0.230. The zero-order valence-electron chi connectivity index (χ0n) is 14.1. The van der Waals surface area contributed by atoms with Crippen molar-refractivity contribution in [2.45, 2.75) is 65.9 Å². The molecule has 0 spiro atoms. The zero-order chi connectivity index (χ0) is 15.8. The van der Waals surface area contributed by atoms with Gasteiger partial charge in [0.1, 0.15) is 5.75 Å². The van der Waals surface area contributed by atoms with Crippen molar-refractivity contribution in [2.24, 2.45) is 0 Å². The van der Waals surface area contributed by atoms with Crippen LogP contribution in [0.4, 0.5) is 0 Å². The van der Waals surface area contributed by atoms with E-state index in [9.17, 15) is 0 Å². The summed E-state index contributed by atoms with van der Waals surface area (Å²) in [6, 6.07) is 4.12. The third-order valence-electron chi connectivity index (χ3n) is 3.64. The van der Waals surface area contributed by atoms with E-state index in [1.165, 1.54) is 6.42 Å². The van der Waals surface area contributed by atoms with Gasteiger partial charge in [-0.1, -0.05) is 32.4 Å². The van der Waals surface area contributed by atoms with Gasteiger partial charge in [0.15, 0.2) is 0 Å². The summed E-state index contributed by atoms with van der Waals surface area (Å²) in [6.07, 6.45) is 3.63. The molecular weight excluding hydrogens is 282 g/mol. The second-order valence-corrected chi connectivity index (χ2v) is 6.52. The molecule has 0 aromatic heterocycles. The summed E-state index contributed by atoms with van der Waals surface area (Å²) in [7, 11) is 0. The van der Waals surface area contributed by atoms with Gasteiger partial charge in [-0.2, -0.15) is 0 Å². The highest BCUT2D eigenvalue weighted by Crippen LogP contribution is 2.32. The first kappa shape index (κ1) is 18.3. The number of halogens is 1. The molecule has 0 saturated heterocycles. The molecule has 0 saturated carbocycles. The van der Waals surface area contributed by atoms with E-state index in [0.29, 0.717) is 5.92 Å². The topological polar surface area (TPSA) is 21.3 Å². The molecule has 0 aliphatic heterocycles. The monoisotopic (exact) mass is 311 g/mol. The molecule has 0 fully saturated rings. The fraction of sp³-hybridized carbons (Fsp3) is 0.667. The maximum Gasteiger partial charge on any atom is 0.122 e. The van der Waals surface area contributed by atoms with Gasteiger partial charge >= 0.3 is 0 Å². The average Bonchev–Trinajstić information content (AvgIpc) is 2.41. The predicted octanol–water partition coefficient (Wildman–Crippen LogP) is 5.32. The molecule has 1 atom stereocenters. The molecule has 3 heteroatoms. The number of aryl methyl sites for hydroxylation is 1. The summed E-state index contributed by atoms with van der Waals surface area (Å²) in [4.78, 5) is 0. The Morgan fingerprint density at radius 1 is 1.19 bits per heavy atom. The van der Waals surface area contributed by atoms with Crippen LogP contribution in [0, 0.1) is 6.92 Å². The van der Waals surface area contributed by atoms with Crippen LogP contribution >= 0.6 is 11.6 Å². The Bertz CT molecular complexity index is 431. The van der Waals surface area contributed by atoms with Gasteiger partial charge in [0, 0.05) is 5.02 Å². The van der Waals surface area contributed by atoms with Crippen LogP contribution in [0.2, 0.25) is 5.02 Å². The highest BCUT2D eigenvalue weighted by molar-refractivity contribution is 6.31. The Hall–Kier alpha value is -0.730. The molecule has 21 heavy (non-hydrogen) atoms. The van der Waals surface area contributed by atoms with Gasteiger partial charge in [0.25, 0.3) is 0 Å². The van der Waals surface area contributed by atoms with Crippen molar-refractivity contribution >= 4 is 11.6 Å². The molecule has 1 aromatic rings. The van der Waals surface area contributed by atoms with Crippen LogP contribution in [0.15, 0.2) is 12.1 Å². The highest BCUT2D eigenvalue weighted by atomic mass is 35.5. The Kier molecular flexibility index (Phi) is 8.13. The maximum absolute atomic E-state index is 6.30. The van der Waals surface area contributed by atoms with E-state index in [0.717, 1.165) is 47.8 Å². The van der Waals surface area contributed by atoms with E-state index in [2.05, 4.69) is 46.0 Å². The van der Waals surface area contributed by atoms with Crippen LogP contribution in [0.5, 0.6) is 5.75 Å². The SMILES string of the molecule is CCCNCCCC(C)Oc1cc(C(C)C)c(Cl)cc1C. The Labute approximate surface area is 135 Å². The molecule has 0 amide bonds. The minimum Gasteiger partial charge on any atom is -0.490 e. The van der Waals surface area contributed by atoms with Gasteiger partial charge in [-0.15, -0.1) is 0 Å². The second kappa shape index (κ2) is 9.32. The largest absolute Gasteiger partial charge is 0.490 e. The Morgan fingerprint density at radius 3 is 2.52 bits per heavy atom. The molecule has 1 N–H and O–H groups in total. The average molecular weight is 312 g/mol. The third kappa shape index (κ3) is 6.27. The number of benzene rings is 1. The summed E-state index contributed by atoms with van der Waals surface area (Å²) in [5.41, 5.74) is 2.27. The van der Waals surface area contributed by atoms with E-state index in [1.54, 1.807) is 0 Å². The summed E-state index contributed by atoms with van der Waals surface area (Å²) >= 11 is 6.30. The summed E-state index contributed by atoms with van der Waals surface area (Å²) in [5.74, 6) is 1.38. The molecule has 0 aliphatic carbocycles. The Morgan fingerprint density at radius 2 is 1.90 bits per heavy atom. The molecule has 1 aromatic carbocycles. The Balaban J connectivity index is 2.55. The normalized spacial score (nSPS) is 12.7. The second-order valence-electron chi connectivity index (χ2n) is 6.11. The molecule has 2 nitrogen and oxygen atoms in total. The fourth-order valence-corrected chi connectivity index (χ4v) is 2.77. The van der Waals surface area contributed by atoms with Crippen molar-refractivity contribution in [3.8, 4) is 5.75 Å². The van der Waals surface area contributed by atoms with E-state index in [1.807, 2.05) is 6.07 Å². The lowest BCUT2D eigenvalue weighted by Gasteiger charge is -2.19. The van der Waals surface area contributed by atoms with E-state index >= 15 is 0 Å². The third-order valence-corrected chi connectivity index (χ3v) is 3.96. The standard InChI is InChI=1S/C18H30ClNO/c1-6-9-20-10-7-8-15(5)21-18-12-16(13(2)3)17(19)11-14(18)4/h11-13,15,20H,6-10H2,1-5H3. The molecule has 0 bridgehead atoms. The van der Waals surface area contributed by atoms with Gasteiger partial charge in [0.05, 0.1) is 6.10 Å². The van der Waals surface area contributed by atoms with Crippen molar-refractivity contribution in [3.05, 3.63) is 28.3 Å². The smallest absolute Gasteiger partial charge is 0.122 e. The molecule has 1 unspecified atom stereocenters. The van der Waals surface area contributed by atoms with E-state index < -0.39 is 0 Å². The van der Waals surface area contributed by atoms with Gasteiger partial charge in [0.2, 0.25) is 0 Å². The van der Waals surface area contributed by atoms with Crippen molar-refractivity contribution in [1.82, 2.24) is 5.32 Å². The predicted molar refractivity (Wildman–Crippen MR) is 92.8 cm³/mol. The number of nitrogens with one attached hydrogen (secondary N) is 1. The highest BCUT2D eigenvalue weighted by Gasteiger charge is 2.12. The number of rotatable bonds is 9. The lowest BCUT2D eigenvalue weighted by atomic mass is 10.0. The van der Waals surface area contributed by atoms with Gasteiger partial charge < -0.3 is 10.1 Å². The lowest BCUT2D eigenvalue weighted by Crippen LogP contribution is -2.19. The van der Waals surface area contributed by atoms with E-state index in [-0.39, 0.29) is 6.10 Å². The van der Waals surface area contributed by atoms with E-state index in [4.69, 9.17) is 16.3 Å². The van der Waals surface area contributed by atoms with Gasteiger partial charge in [-0.3, -0.25) is 0 Å². The number of ether oxygens (including phenoxy) is 1. The first-order chi connectivity index (χ1) is 9.95. The zero-order valence-corrected chi connectivity index (χ0v) is 14.9. The van der Waals surface area contributed by atoms with Crippen molar-refractivity contribution in [3.63, 3.8) is 0 Å².